The molecule has 0 amide bonds. The van der Waals surface area contributed by atoms with Crippen LogP contribution in [0.25, 0.3) is 0 Å². The van der Waals surface area contributed by atoms with Gasteiger partial charge in [-0.05, 0) is 29.8 Å². The van der Waals surface area contributed by atoms with E-state index >= 15 is 0 Å². The maximum atomic E-state index is 13.6. The predicted octanol–water partition coefficient (Wildman–Crippen LogP) is 4.09. The van der Waals surface area contributed by atoms with E-state index < -0.39 is 11.6 Å². The fourth-order valence-electron chi connectivity index (χ4n) is 2.06. The van der Waals surface area contributed by atoms with Gasteiger partial charge in [0, 0.05) is 22.9 Å². The fraction of sp³-hybridized carbons (Fsp3) is 0.188. The summed E-state index contributed by atoms with van der Waals surface area (Å²) in [6.07, 6.45) is -0.0577. The van der Waals surface area contributed by atoms with Gasteiger partial charge < -0.3 is 4.74 Å². The van der Waals surface area contributed by atoms with Gasteiger partial charge >= 0.3 is 0 Å². The highest BCUT2D eigenvalue weighted by Crippen LogP contribution is 2.24. The zero-order chi connectivity index (χ0) is 15.4. The van der Waals surface area contributed by atoms with Crippen molar-refractivity contribution in [3.8, 4) is 5.75 Å². The van der Waals surface area contributed by atoms with E-state index in [4.69, 9.17) is 4.74 Å². The maximum Gasteiger partial charge on any atom is 0.162 e. The molecule has 0 bridgehead atoms. The number of carbonyl (C=O) groups excluding carboxylic acids is 1. The van der Waals surface area contributed by atoms with Crippen molar-refractivity contribution >= 4 is 21.7 Å². The number of halogens is 3. The minimum Gasteiger partial charge on any atom is -0.496 e. The summed E-state index contributed by atoms with van der Waals surface area (Å²) in [5, 5.41) is 0. The lowest BCUT2D eigenvalue weighted by Crippen LogP contribution is -2.09. The molecule has 0 N–H and O–H groups in total. The molecule has 21 heavy (non-hydrogen) atoms. The van der Waals surface area contributed by atoms with Crippen LogP contribution in [-0.4, -0.2) is 12.9 Å². The second-order valence-electron chi connectivity index (χ2n) is 4.56. The Hall–Kier alpha value is -1.75. The molecule has 0 aromatic heterocycles. The van der Waals surface area contributed by atoms with E-state index in [1.54, 1.807) is 18.2 Å². The monoisotopic (exact) mass is 354 g/mol. The van der Waals surface area contributed by atoms with E-state index in [0.29, 0.717) is 11.3 Å². The molecule has 2 aromatic rings. The minimum absolute atomic E-state index is 0.0639. The summed E-state index contributed by atoms with van der Waals surface area (Å²) < 4.78 is 32.7. The van der Waals surface area contributed by atoms with Gasteiger partial charge in [-0.15, -0.1) is 0 Å². The first kappa shape index (κ1) is 15.6. The third-order valence-corrected chi connectivity index (χ3v) is 3.54. The Balaban J connectivity index is 2.15. The van der Waals surface area contributed by atoms with E-state index in [-0.39, 0.29) is 24.2 Å². The molecule has 0 saturated heterocycles. The molecule has 0 heterocycles. The van der Waals surface area contributed by atoms with Crippen LogP contribution in [0, 0.1) is 11.6 Å². The lowest BCUT2D eigenvalue weighted by molar-refractivity contribution is -0.117. The Labute approximate surface area is 129 Å². The smallest absolute Gasteiger partial charge is 0.162 e. The Kier molecular flexibility index (Phi) is 5.07. The summed E-state index contributed by atoms with van der Waals surface area (Å²) >= 11 is 3.33. The fourth-order valence-corrected chi connectivity index (χ4v) is 2.47. The number of hydrogen-bond donors (Lipinski definition) is 0. The van der Waals surface area contributed by atoms with Crippen LogP contribution < -0.4 is 4.74 Å². The average Bonchev–Trinajstić information content (AvgIpc) is 2.44. The maximum absolute atomic E-state index is 13.6. The molecule has 2 rings (SSSR count). The molecule has 0 unspecified atom stereocenters. The first-order valence-corrected chi connectivity index (χ1v) is 7.07. The molecule has 0 atom stereocenters. The summed E-state index contributed by atoms with van der Waals surface area (Å²) in [7, 11) is 1.52. The number of ketones is 1. The third kappa shape index (κ3) is 3.88. The standard InChI is InChI=1S/C16H13BrF2O2/c1-21-15-6-5-12(17)7-11(15)9-13(20)8-10-3-2-4-14(18)16(10)19/h2-7H,8-9H2,1H3. The summed E-state index contributed by atoms with van der Waals surface area (Å²) in [6.45, 7) is 0. The van der Waals surface area contributed by atoms with Crippen molar-refractivity contribution in [2.24, 2.45) is 0 Å². The van der Waals surface area contributed by atoms with Crippen molar-refractivity contribution in [1.29, 1.82) is 0 Å². The van der Waals surface area contributed by atoms with Crippen LogP contribution in [0.3, 0.4) is 0 Å². The average molecular weight is 355 g/mol. The highest BCUT2D eigenvalue weighted by Gasteiger charge is 2.14. The van der Waals surface area contributed by atoms with Gasteiger partial charge in [0.2, 0.25) is 0 Å². The van der Waals surface area contributed by atoms with Crippen LogP contribution in [0.5, 0.6) is 5.75 Å². The molecule has 2 nitrogen and oxygen atoms in total. The van der Waals surface area contributed by atoms with Crippen LogP contribution in [0.1, 0.15) is 11.1 Å². The van der Waals surface area contributed by atoms with Gasteiger partial charge in [0.15, 0.2) is 11.6 Å². The van der Waals surface area contributed by atoms with Crippen molar-refractivity contribution in [1.82, 2.24) is 0 Å². The number of hydrogen-bond acceptors (Lipinski definition) is 2. The van der Waals surface area contributed by atoms with Crippen molar-refractivity contribution in [2.75, 3.05) is 7.11 Å². The molecule has 0 radical (unpaired) electrons. The van der Waals surface area contributed by atoms with E-state index in [1.807, 2.05) is 0 Å². The second-order valence-corrected chi connectivity index (χ2v) is 5.48. The minimum atomic E-state index is -0.966. The van der Waals surface area contributed by atoms with Crippen LogP contribution in [0.2, 0.25) is 0 Å². The van der Waals surface area contributed by atoms with E-state index in [1.165, 1.54) is 19.2 Å². The summed E-state index contributed by atoms with van der Waals surface area (Å²) in [5.74, 6) is -1.53. The van der Waals surface area contributed by atoms with E-state index in [0.717, 1.165) is 10.5 Å². The van der Waals surface area contributed by atoms with E-state index in [9.17, 15) is 13.6 Å². The van der Waals surface area contributed by atoms with Gasteiger partial charge in [-0.3, -0.25) is 4.79 Å². The van der Waals surface area contributed by atoms with Crippen molar-refractivity contribution in [2.45, 2.75) is 12.8 Å². The summed E-state index contributed by atoms with van der Waals surface area (Å²) in [5.41, 5.74) is 0.766. The van der Waals surface area contributed by atoms with Gasteiger partial charge in [0.05, 0.1) is 7.11 Å². The number of Topliss-reactive ketones (excluding diaryl/α,β-unsaturated/α-hetero) is 1. The lowest BCUT2D eigenvalue weighted by Gasteiger charge is -2.09. The lowest BCUT2D eigenvalue weighted by atomic mass is 10.0. The first-order chi connectivity index (χ1) is 10.0. The quantitative estimate of drug-likeness (QED) is 0.808. The number of ether oxygens (including phenoxy) is 1. The van der Waals surface area contributed by atoms with Crippen molar-refractivity contribution in [3.05, 3.63) is 63.6 Å². The second kappa shape index (κ2) is 6.80. The largest absolute Gasteiger partial charge is 0.496 e. The van der Waals surface area contributed by atoms with Gasteiger partial charge in [0.25, 0.3) is 0 Å². The molecular formula is C16H13BrF2O2. The number of methoxy groups -OCH3 is 1. The molecule has 0 aliphatic carbocycles. The van der Waals surface area contributed by atoms with Crippen LogP contribution in [0.4, 0.5) is 8.78 Å². The van der Waals surface area contributed by atoms with Crippen molar-refractivity contribution < 1.29 is 18.3 Å². The molecule has 5 heteroatoms. The van der Waals surface area contributed by atoms with Gasteiger partial charge in [-0.1, -0.05) is 28.1 Å². The van der Waals surface area contributed by atoms with Gasteiger partial charge in [-0.25, -0.2) is 8.78 Å². The zero-order valence-corrected chi connectivity index (χ0v) is 12.9. The molecule has 0 spiro atoms. The zero-order valence-electron chi connectivity index (χ0n) is 11.3. The van der Waals surface area contributed by atoms with E-state index in [2.05, 4.69) is 15.9 Å². The Morgan fingerprint density at radius 3 is 2.57 bits per heavy atom. The highest BCUT2D eigenvalue weighted by atomic mass is 79.9. The predicted molar refractivity (Wildman–Crippen MR) is 79.5 cm³/mol. The number of carbonyl (C=O) groups is 1. The van der Waals surface area contributed by atoms with Crippen LogP contribution >= 0.6 is 15.9 Å². The normalized spacial score (nSPS) is 10.5. The summed E-state index contributed by atoms with van der Waals surface area (Å²) in [4.78, 5) is 12.1. The van der Waals surface area contributed by atoms with Gasteiger partial charge in [-0.2, -0.15) is 0 Å². The Morgan fingerprint density at radius 1 is 1.14 bits per heavy atom. The number of rotatable bonds is 5. The molecule has 110 valence electrons. The third-order valence-electron chi connectivity index (χ3n) is 3.05. The molecule has 0 aliphatic heterocycles. The molecule has 0 saturated carbocycles. The Bertz CT molecular complexity index is 671. The topological polar surface area (TPSA) is 26.3 Å². The van der Waals surface area contributed by atoms with Gasteiger partial charge in [0.1, 0.15) is 11.5 Å². The molecule has 2 aromatic carbocycles. The van der Waals surface area contributed by atoms with Crippen molar-refractivity contribution in [3.63, 3.8) is 0 Å². The Morgan fingerprint density at radius 2 is 1.86 bits per heavy atom. The SMILES string of the molecule is COc1ccc(Br)cc1CC(=O)Cc1cccc(F)c1F. The summed E-state index contributed by atoms with van der Waals surface area (Å²) in [6, 6.07) is 9.16. The molecule has 0 fully saturated rings. The molecule has 0 aliphatic rings. The van der Waals surface area contributed by atoms with Crippen LogP contribution in [-0.2, 0) is 17.6 Å². The number of benzene rings is 2. The first-order valence-electron chi connectivity index (χ1n) is 6.28. The van der Waals surface area contributed by atoms with Crippen LogP contribution in [0.15, 0.2) is 40.9 Å². The highest BCUT2D eigenvalue weighted by molar-refractivity contribution is 9.10. The molecular weight excluding hydrogens is 342 g/mol.